The molecule has 2 heterocycles. The topological polar surface area (TPSA) is 72.9 Å². The van der Waals surface area contributed by atoms with Gasteiger partial charge in [0.15, 0.2) is 0 Å². The first-order valence-electron chi connectivity index (χ1n) is 7.40. The minimum absolute atomic E-state index is 0.135. The van der Waals surface area contributed by atoms with E-state index in [9.17, 15) is 9.59 Å². The second-order valence-corrected chi connectivity index (χ2v) is 6.48. The van der Waals surface area contributed by atoms with E-state index in [-0.39, 0.29) is 12.6 Å². The van der Waals surface area contributed by atoms with Gasteiger partial charge in [0.1, 0.15) is 0 Å². The fraction of sp³-hybridized carbons (Fsp3) is 0.857. The Hall–Kier alpha value is -1.30. The predicted molar refractivity (Wildman–Crippen MR) is 75.6 cm³/mol. The van der Waals surface area contributed by atoms with E-state index in [1.54, 1.807) is 13.8 Å². The molecule has 1 atom stereocenters. The molecule has 0 aromatic rings. The Morgan fingerprint density at radius 1 is 1.25 bits per heavy atom. The Balaban J connectivity index is 1.83. The zero-order valence-electron chi connectivity index (χ0n) is 12.4. The maximum Gasteiger partial charge on any atom is 0.317 e. The lowest BCUT2D eigenvalue weighted by Gasteiger charge is -2.44. The van der Waals surface area contributed by atoms with E-state index < -0.39 is 11.4 Å². The van der Waals surface area contributed by atoms with Crippen LogP contribution in [0.1, 0.15) is 33.1 Å². The van der Waals surface area contributed by atoms with Crippen molar-refractivity contribution in [1.29, 1.82) is 0 Å². The lowest BCUT2D eigenvalue weighted by molar-refractivity contribution is -0.146. The fourth-order valence-electron chi connectivity index (χ4n) is 2.82. The Morgan fingerprint density at radius 2 is 2.00 bits per heavy atom. The number of fused-ring (bicyclic) bond motifs is 1. The Kier molecular flexibility index (Phi) is 4.52. The molecule has 1 unspecified atom stereocenters. The highest BCUT2D eigenvalue weighted by Gasteiger charge is 2.32. The smallest absolute Gasteiger partial charge is 0.317 e. The molecule has 0 aromatic heterocycles. The Labute approximate surface area is 120 Å². The molecule has 0 aromatic carbocycles. The SMILES string of the molecule is CC(C)(CNC(=O)N1CCN2CCCCC2C1)C(=O)O. The molecule has 0 aliphatic carbocycles. The summed E-state index contributed by atoms with van der Waals surface area (Å²) in [6.45, 7) is 6.97. The molecule has 0 bridgehead atoms. The number of carbonyl (C=O) groups is 2. The van der Waals surface area contributed by atoms with Crippen LogP contribution in [0.5, 0.6) is 0 Å². The van der Waals surface area contributed by atoms with Gasteiger partial charge in [-0.2, -0.15) is 0 Å². The third kappa shape index (κ3) is 3.42. The second kappa shape index (κ2) is 5.99. The number of carboxylic acids is 1. The number of hydrogen-bond acceptors (Lipinski definition) is 3. The van der Waals surface area contributed by atoms with E-state index in [0.29, 0.717) is 6.04 Å². The first-order chi connectivity index (χ1) is 9.40. The van der Waals surface area contributed by atoms with Crippen LogP contribution < -0.4 is 5.32 Å². The first-order valence-corrected chi connectivity index (χ1v) is 7.40. The van der Waals surface area contributed by atoms with E-state index in [0.717, 1.165) is 32.6 Å². The molecule has 2 rings (SSSR count). The molecule has 2 aliphatic heterocycles. The minimum atomic E-state index is -0.928. The van der Waals surface area contributed by atoms with Crippen LogP contribution in [-0.4, -0.2) is 65.7 Å². The summed E-state index contributed by atoms with van der Waals surface area (Å²) < 4.78 is 0. The number of carboxylic acid groups (broad SMARTS) is 1. The summed E-state index contributed by atoms with van der Waals surface area (Å²) in [6, 6.07) is 0.347. The van der Waals surface area contributed by atoms with Crippen LogP contribution in [0.2, 0.25) is 0 Å². The molecule has 2 N–H and O–H groups in total. The maximum atomic E-state index is 12.1. The van der Waals surface area contributed by atoms with Gasteiger partial charge in [-0.1, -0.05) is 6.42 Å². The molecule has 0 saturated carbocycles. The van der Waals surface area contributed by atoms with E-state index in [4.69, 9.17) is 5.11 Å². The van der Waals surface area contributed by atoms with Crippen molar-refractivity contribution in [2.75, 3.05) is 32.7 Å². The van der Waals surface area contributed by atoms with Crippen molar-refractivity contribution in [2.45, 2.75) is 39.2 Å². The average Bonchev–Trinajstić information content (AvgIpc) is 2.44. The number of aliphatic carboxylic acids is 1. The molecule has 6 nitrogen and oxygen atoms in total. The van der Waals surface area contributed by atoms with Gasteiger partial charge in [-0.25, -0.2) is 4.79 Å². The van der Waals surface area contributed by atoms with Crippen LogP contribution in [0.4, 0.5) is 4.79 Å². The van der Waals surface area contributed by atoms with Gasteiger partial charge in [-0.3, -0.25) is 9.69 Å². The number of rotatable bonds is 3. The van der Waals surface area contributed by atoms with Crippen molar-refractivity contribution in [3.63, 3.8) is 0 Å². The Bertz CT molecular complexity index is 384. The van der Waals surface area contributed by atoms with Gasteiger partial charge in [-0.05, 0) is 33.2 Å². The van der Waals surface area contributed by atoms with Crippen LogP contribution in [-0.2, 0) is 4.79 Å². The van der Waals surface area contributed by atoms with Gasteiger partial charge in [0, 0.05) is 32.2 Å². The van der Waals surface area contributed by atoms with E-state index in [1.165, 1.54) is 12.8 Å². The number of piperidine rings is 1. The summed E-state index contributed by atoms with van der Waals surface area (Å²) in [5.41, 5.74) is -0.928. The highest BCUT2D eigenvalue weighted by Crippen LogP contribution is 2.21. The molecule has 0 spiro atoms. The number of carbonyl (C=O) groups excluding carboxylic acids is 1. The van der Waals surface area contributed by atoms with Crippen molar-refractivity contribution in [2.24, 2.45) is 5.41 Å². The molecule has 2 fully saturated rings. The summed E-state index contributed by atoms with van der Waals surface area (Å²) >= 11 is 0. The van der Waals surface area contributed by atoms with E-state index >= 15 is 0 Å². The van der Waals surface area contributed by atoms with Crippen LogP contribution in [0, 0.1) is 5.41 Å². The lowest BCUT2D eigenvalue weighted by Crippen LogP contribution is -2.58. The molecule has 0 radical (unpaired) electrons. The average molecular weight is 283 g/mol. The maximum absolute atomic E-state index is 12.1. The van der Waals surface area contributed by atoms with Gasteiger partial charge in [-0.15, -0.1) is 0 Å². The van der Waals surface area contributed by atoms with Gasteiger partial charge in [0.2, 0.25) is 0 Å². The number of piperazine rings is 1. The molecule has 6 heteroatoms. The van der Waals surface area contributed by atoms with Crippen LogP contribution in [0.3, 0.4) is 0 Å². The molecule has 2 amide bonds. The summed E-state index contributed by atoms with van der Waals surface area (Å²) in [5, 5.41) is 11.8. The van der Waals surface area contributed by atoms with Gasteiger partial charge in [0.25, 0.3) is 0 Å². The number of nitrogens with one attached hydrogen (secondary N) is 1. The number of nitrogens with zero attached hydrogens (tertiary/aromatic N) is 2. The lowest BCUT2D eigenvalue weighted by atomic mass is 9.94. The third-order valence-electron chi connectivity index (χ3n) is 4.39. The zero-order chi connectivity index (χ0) is 14.8. The summed E-state index contributed by atoms with van der Waals surface area (Å²) in [4.78, 5) is 27.5. The number of hydrogen-bond donors (Lipinski definition) is 2. The van der Waals surface area contributed by atoms with Crippen molar-refractivity contribution >= 4 is 12.0 Å². The standard InChI is InChI=1S/C14H25N3O3/c1-14(2,12(18)19)10-15-13(20)17-8-7-16-6-4-3-5-11(16)9-17/h11H,3-10H2,1-2H3,(H,15,20)(H,18,19). The normalized spacial score (nSPS) is 24.1. The van der Waals surface area contributed by atoms with Crippen molar-refractivity contribution in [3.8, 4) is 0 Å². The molecule has 20 heavy (non-hydrogen) atoms. The quantitative estimate of drug-likeness (QED) is 0.810. The van der Waals surface area contributed by atoms with Gasteiger partial charge < -0.3 is 15.3 Å². The van der Waals surface area contributed by atoms with Crippen LogP contribution in [0.15, 0.2) is 0 Å². The van der Waals surface area contributed by atoms with E-state index in [1.807, 2.05) is 4.90 Å². The molecular formula is C14H25N3O3. The van der Waals surface area contributed by atoms with Crippen molar-refractivity contribution in [3.05, 3.63) is 0 Å². The minimum Gasteiger partial charge on any atom is -0.481 e. The molecule has 2 aliphatic rings. The van der Waals surface area contributed by atoms with Gasteiger partial charge in [0.05, 0.1) is 5.41 Å². The largest absolute Gasteiger partial charge is 0.481 e. The predicted octanol–water partition coefficient (Wildman–Crippen LogP) is 0.977. The van der Waals surface area contributed by atoms with Crippen LogP contribution >= 0.6 is 0 Å². The first kappa shape index (κ1) is 15.1. The van der Waals surface area contributed by atoms with Crippen molar-refractivity contribution in [1.82, 2.24) is 15.1 Å². The van der Waals surface area contributed by atoms with Crippen LogP contribution in [0.25, 0.3) is 0 Å². The monoisotopic (exact) mass is 283 g/mol. The zero-order valence-corrected chi connectivity index (χ0v) is 12.4. The fourth-order valence-corrected chi connectivity index (χ4v) is 2.82. The summed E-state index contributed by atoms with van der Waals surface area (Å²) in [5.74, 6) is -0.894. The molecule has 2 saturated heterocycles. The van der Waals surface area contributed by atoms with E-state index in [2.05, 4.69) is 10.2 Å². The third-order valence-corrected chi connectivity index (χ3v) is 4.39. The Morgan fingerprint density at radius 3 is 2.70 bits per heavy atom. The van der Waals surface area contributed by atoms with Crippen molar-refractivity contribution < 1.29 is 14.7 Å². The number of urea groups is 1. The molecular weight excluding hydrogens is 258 g/mol. The highest BCUT2D eigenvalue weighted by atomic mass is 16.4. The molecule has 114 valence electrons. The van der Waals surface area contributed by atoms with Gasteiger partial charge >= 0.3 is 12.0 Å². The summed E-state index contributed by atoms with van der Waals surface area (Å²) in [6.07, 6.45) is 3.66. The summed E-state index contributed by atoms with van der Waals surface area (Å²) in [7, 11) is 0. The second-order valence-electron chi connectivity index (χ2n) is 6.48. The highest BCUT2D eigenvalue weighted by molar-refractivity contribution is 5.77. The number of amides is 2.